The smallest absolute Gasteiger partial charge is 0.303 e. The molecule has 0 saturated heterocycles. The van der Waals surface area contributed by atoms with Crippen molar-refractivity contribution in [2.75, 3.05) is 0 Å². The van der Waals surface area contributed by atoms with Gasteiger partial charge in [0.15, 0.2) is 0 Å². The first-order valence-electron chi connectivity index (χ1n) is 7.49. The van der Waals surface area contributed by atoms with Crippen LogP contribution in [-0.4, -0.2) is 23.2 Å². The van der Waals surface area contributed by atoms with E-state index in [-0.39, 0.29) is 12.3 Å². The number of nitrogens with two attached hydrogens (primary N) is 1. The number of benzene rings is 2. The van der Waals surface area contributed by atoms with Gasteiger partial charge in [-0.1, -0.05) is 36.4 Å². The van der Waals surface area contributed by atoms with E-state index in [1.807, 2.05) is 30.3 Å². The van der Waals surface area contributed by atoms with Gasteiger partial charge >= 0.3 is 5.97 Å². The molecule has 4 N–H and O–H groups in total. The average molecular weight is 325 g/mol. The van der Waals surface area contributed by atoms with Gasteiger partial charge in [0, 0.05) is 18.5 Å². The molecule has 0 aliphatic carbocycles. The highest BCUT2D eigenvalue weighted by atomic mass is 16.4. The molecule has 124 valence electrons. The lowest BCUT2D eigenvalue weighted by Crippen LogP contribution is -2.22. The van der Waals surface area contributed by atoms with E-state index in [9.17, 15) is 9.59 Å². The Morgan fingerprint density at radius 3 is 2.50 bits per heavy atom. The highest BCUT2D eigenvalue weighted by molar-refractivity contribution is 5.96. The number of rotatable bonds is 7. The summed E-state index contributed by atoms with van der Waals surface area (Å²) in [7, 11) is 0. The van der Waals surface area contributed by atoms with E-state index < -0.39 is 5.97 Å². The number of carbonyl (C=O) groups is 2. The van der Waals surface area contributed by atoms with Crippen LogP contribution in [0.15, 0.2) is 53.6 Å². The van der Waals surface area contributed by atoms with Crippen LogP contribution in [0, 0.1) is 0 Å². The number of nitrogens with one attached hydrogen (secondary N) is 1. The Morgan fingerprint density at radius 1 is 1.12 bits per heavy atom. The number of carboxylic acids is 1. The van der Waals surface area contributed by atoms with Gasteiger partial charge < -0.3 is 16.3 Å². The minimum absolute atomic E-state index is 0.110. The van der Waals surface area contributed by atoms with Gasteiger partial charge in [0.1, 0.15) is 0 Å². The lowest BCUT2D eigenvalue weighted by Gasteiger charge is -2.07. The largest absolute Gasteiger partial charge is 0.481 e. The molecular weight excluding hydrogens is 306 g/mol. The fraction of sp³-hybridized carbons (Fsp3) is 0.167. The molecule has 0 atom stereocenters. The first kappa shape index (κ1) is 17.2. The third-order valence-electron chi connectivity index (χ3n) is 3.48. The molecule has 6 heteroatoms. The highest BCUT2D eigenvalue weighted by Crippen LogP contribution is 2.08. The molecule has 0 bridgehead atoms. The number of aliphatic carboxylic acids is 1. The summed E-state index contributed by atoms with van der Waals surface area (Å²) in [5, 5.41) is 15.0. The van der Waals surface area contributed by atoms with Crippen LogP contribution in [0.4, 0.5) is 0 Å². The predicted octanol–water partition coefficient (Wildman–Crippen LogP) is 1.93. The highest BCUT2D eigenvalue weighted by Gasteiger charge is 2.06. The Kier molecular flexibility index (Phi) is 6.08. The Morgan fingerprint density at radius 2 is 1.83 bits per heavy atom. The molecule has 0 radical (unpaired) electrons. The molecule has 2 rings (SSSR count). The number of aryl methyl sites for hydroxylation is 1. The summed E-state index contributed by atoms with van der Waals surface area (Å²) >= 11 is 0. The average Bonchev–Trinajstić information content (AvgIpc) is 2.59. The van der Waals surface area contributed by atoms with E-state index in [1.54, 1.807) is 18.2 Å². The number of carboxylic acid groups (broad SMARTS) is 1. The molecule has 0 unspecified atom stereocenters. The minimum Gasteiger partial charge on any atom is -0.481 e. The summed E-state index contributed by atoms with van der Waals surface area (Å²) in [6, 6.07) is 14.5. The number of hydrogen-bond donors (Lipinski definition) is 3. The molecule has 0 heterocycles. The first-order valence-corrected chi connectivity index (χ1v) is 7.49. The maximum Gasteiger partial charge on any atom is 0.303 e. The van der Waals surface area contributed by atoms with Crippen molar-refractivity contribution < 1.29 is 14.7 Å². The zero-order valence-corrected chi connectivity index (χ0v) is 13.1. The van der Waals surface area contributed by atoms with E-state index in [2.05, 4.69) is 10.4 Å². The van der Waals surface area contributed by atoms with Crippen molar-refractivity contribution >= 4 is 18.1 Å². The lowest BCUT2D eigenvalue weighted by atomic mass is 10.1. The van der Waals surface area contributed by atoms with Crippen LogP contribution < -0.4 is 11.2 Å². The van der Waals surface area contributed by atoms with Gasteiger partial charge in [0.2, 0.25) is 0 Å². The van der Waals surface area contributed by atoms with E-state index in [1.165, 1.54) is 6.21 Å². The van der Waals surface area contributed by atoms with Crippen LogP contribution in [-0.2, 0) is 17.8 Å². The molecule has 1 amide bonds. The topological polar surface area (TPSA) is 105 Å². The standard InChI is InChI=1S/C18H19N3O3/c19-21-12-15-2-1-3-16(10-15)18(24)20-11-14-6-4-13(5-7-14)8-9-17(22)23/h1-7,10,12H,8-9,11,19H2,(H,20,24)(H,22,23). The fourth-order valence-corrected chi connectivity index (χ4v) is 2.21. The minimum atomic E-state index is -0.812. The van der Waals surface area contributed by atoms with Crippen molar-refractivity contribution in [3.05, 3.63) is 70.8 Å². The predicted molar refractivity (Wildman–Crippen MR) is 91.8 cm³/mol. The molecule has 0 saturated carbocycles. The summed E-state index contributed by atoms with van der Waals surface area (Å²) < 4.78 is 0. The summed E-state index contributed by atoms with van der Waals surface area (Å²) in [6.45, 7) is 0.396. The molecule has 2 aromatic carbocycles. The third kappa shape index (κ3) is 5.24. The Labute approximate surface area is 140 Å². The quantitative estimate of drug-likeness (QED) is 0.411. The zero-order chi connectivity index (χ0) is 17.4. The molecule has 0 fully saturated rings. The summed E-state index contributed by atoms with van der Waals surface area (Å²) in [5.74, 6) is 4.11. The molecule has 2 aromatic rings. The van der Waals surface area contributed by atoms with Gasteiger partial charge in [-0.25, -0.2) is 0 Å². The number of nitrogens with zero attached hydrogens (tertiary/aromatic N) is 1. The van der Waals surface area contributed by atoms with Crippen molar-refractivity contribution in [1.82, 2.24) is 5.32 Å². The van der Waals surface area contributed by atoms with Crippen LogP contribution in [0.2, 0.25) is 0 Å². The molecule has 24 heavy (non-hydrogen) atoms. The zero-order valence-electron chi connectivity index (χ0n) is 13.1. The van der Waals surface area contributed by atoms with Crippen LogP contribution in [0.25, 0.3) is 0 Å². The van der Waals surface area contributed by atoms with Gasteiger partial charge in [-0.2, -0.15) is 5.10 Å². The molecule has 0 aliphatic rings. The number of hydrazone groups is 1. The second-order valence-electron chi connectivity index (χ2n) is 5.30. The van der Waals surface area contributed by atoms with Gasteiger partial charge in [-0.05, 0) is 35.2 Å². The summed E-state index contributed by atoms with van der Waals surface area (Å²) in [6.07, 6.45) is 2.09. The number of hydrogen-bond acceptors (Lipinski definition) is 4. The van der Waals surface area contributed by atoms with Gasteiger partial charge in [-0.15, -0.1) is 0 Å². The molecule has 0 spiro atoms. The monoisotopic (exact) mass is 325 g/mol. The van der Waals surface area contributed by atoms with Crippen molar-refractivity contribution in [3.8, 4) is 0 Å². The summed E-state index contributed by atoms with van der Waals surface area (Å²) in [5.41, 5.74) is 3.20. The fourth-order valence-electron chi connectivity index (χ4n) is 2.21. The first-order chi connectivity index (χ1) is 11.6. The van der Waals surface area contributed by atoms with E-state index in [0.29, 0.717) is 18.5 Å². The SMILES string of the molecule is NN=Cc1cccc(C(=O)NCc2ccc(CCC(=O)O)cc2)c1. The van der Waals surface area contributed by atoms with Crippen molar-refractivity contribution in [2.45, 2.75) is 19.4 Å². The molecule has 0 aromatic heterocycles. The third-order valence-corrected chi connectivity index (χ3v) is 3.48. The van der Waals surface area contributed by atoms with Crippen LogP contribution in [0.3, 0.4) is 0 Å². The molecular formula is C18H19N3O3. The van der Waals surface area contributed by atoms with Gasteiger partial charge in [0.25, 0.3) is 5.91 Å². The molecule has 0 aliphatic heterocycles. The van der Waals surface area contributed by atoms with Crippen LogP contribution >= 0.6 is 0 Å². The Hall–Kier alpha value is -3.15. The summed E-state index contributed by atoms with van der Waals surface area (Å²) in [4.78, 5) is 22.7. The number of carbonyl (C=O) groups excluding carboxylic acids is 1. The number of amides is 1. The lowest BCUT2D eigenvalue weighted by molar-refractivity contribution is -0.136. The van der Waals surface area contributed by atoms with Crippen molar-refractivity contribution in [2.24, 2.45) is 10.9 Å². The van der Waals surface area contributed by atoms with Crippen LogP contribution in [0.5, 0.6) is 0 Å². The second-order valence-corrected chi connectivity index (χ2v) is 5.30. The van der Waals surface area contributed by atoms with E-state index in [4.69, 9.17) is 10.9 Å². The van der Waals surface area contributed by atoms with Crippen LogP contribution in [0.1, 0.15) is 33.5 Å². The maximum atomic E-state index is 12.2. The van der Waals surface area contributed by atoms with Crippen molar-refractivity contribution in [1.29, 1.82) is 0 Å². The van der Waals surface area contributed by atoms with Gasteiger partial charge in [0.05, 0.1) is 6.21 Å². The van der Waals surface area contributed by atoms with E-state index in [0.717, 1.165) is 16.7 Å². The normalized spacial score (nSPS) is 10.7. The second kappa shape index (κ2) is 8.47. The van der Waals surface area contributed by atoms with Crippen molar-refractivity contribution in [3.63, 3.8) is 0 Å². The van der Waals surface area contributed by atoms with E-state index >= 15 is 0 Å². The molecule has 6 nitrogen and oxygen atoms in total. The Balaban J connectivity index is 1.91. The maximum absolute atomic E-state index is 12.2. The van der Waals surface area contributed by atoms with Gasteiger partial charge in [-0.3, -0.25) is 9.59 Å². The Bertz CT molecular complexity index is 739.